The Balaban J connectivity index is 1.62. The van der Waals surface area contributed by atoms with Gasteiger partial charge in [-0.2, -0.15) is 0 Å². The molecule has 1 N–H and O–H groups in total. The predicted molar refractivity (Wildman–Crippen MR) is 137 cm³/mol. The molecule has 0 aliphatic heterocycles. The second kappa shape index (κ2) is 11.4. The summed E-state index contributed by atoms with van der Waals surface area (Å²) < 4.78 is 14.6. The summed E-state index contributed by atoms with van der Waals surface area (Å²) in [5.74, 6) is 2.53. The molecule has 0 amide bonds. The summed E-state index contributed by atoms with van der Waals surface area (Å²) in [7, 11) is 0. The second-order valence-corrected chi connectivity index (χ2v) is 10.1. The van der Waals surface area contributed by atoms with Gasteiger partial charge in [0.2, 0.25) is 0 Å². The van der Waals surface area contributed by atoms with Crippen LogP contribution in [-0.2, 0) is 12.0 Å². The molecule has 1 aromatic heterocycles. The van der Waals surface area contributed by atoms with Crippen molar-refractivity contribution in [3.63, 3.8) is 0 Å². The van der Waals surface area contributed by atoms with Gasteiger partial charge in [0.05, 0.1) is 23.0 Å². The molecular formula is C25H30ClIN2O3. The number of aromatic nitrogens is 2. The Morgan fingerprint density at radius 2 is 1.81 bits per heavy atom. The highest BCUT2D eigenvalue weighted by Crippen LogP contribution is 2.35. The lowest BCUT2D eigenvalue weighted by Crippen LogP contribution is -2.23. The summed E-state index contributed by atoms with van der Waals surface area (Å²) in [6.07, 6.45) is 4.59. The summed E-state index contributed by atoms with van der Waals surface area (Å²) in [4.78, 5) is 3.98. The maximum atomic E-state index is 10.2. The summed E-state index contributed by atoms with van der Waals surface area (Å²) in [5, 5.41) is 10.2. The quantitative estimate of drug-likeness (QED) is 0.245. The summed E-state index contributed by atoms with van der Waals surface area (Å²) >= 11 is 8.21. The van der Waals surface area contributed by atoms with E-state index in [9.17, 15) is 5.11 Å². The van der Waals surface area contributed by atoms with Gasteiger partial charge in [0, 0.05) is 29.6 Å². The SMILES string of the molecule is C[C@@H](CCl)COc1ccc(C(C)(C)c2ccc(OC[C@@H](O)Cn3ccnc3)cc2)cc1I. The minimum Gasteiger partial charge on any atom is -0.492 e. The van der Waals surface area contributed by atoms with Gasteiger partial charge in [-0.1, -0.05) is 39.0 Å². The standard InChI is InChI=1S/C25H30ClIN2O3/c1-18(13-26)15-32-24-9-6-20(12-23(24)27)25(2,3)19-4-7-22(8-5-19)31-16-21(30)14-29-11-10-28-17-29/h4-12,17-18,21,30H,13-16H2,1-3H3/t18-,21-/m0/s1. The molecule has 0 radical (unpaired) electrons. The van der Waals surface area contributed by atoms with E-state index >= 15 is 0 Å². The Kier molecular flexibility index (Phi) is 8.85. The number of nitrogens with zero attached hydrogens (tertiary/aromatic N) is 2. The van der Waals surface area contributed by atoms with Gasteiger partial charge < -0.3 is 19.1 Å². The lowest BCUT2D eigenvalue weighted by Gasteiger charge is -2.27. The van der Waals surface area contributed by atoms with Crippen LogP contribution in [0.1, 0.15) is 31.9 Å². The number of hydrogen-bond donors (Lipinski definition) is 1. The summed E-state index contributed by atoms with van der Waals surface area (Å²) in [5.41, 5.74) is 2.22. The lowest BCUT2D eigenvalue weighted by atomic mass is 9.78. The summed E-state index contributed by atoms with van der Waals surface area (Å²) in [6.45, 7) is 7.78. The zero-order valence-electron chi connectivity index (χ0n) is 18.7. The first kappa shape index (κ1) is 24.9. The van der Waals surface area contributed by atoms with E-state index < -0.39 is 6.10 Å². The van der Waals surface area contributed by atoms with Crippen LogP contribution in [0.3, 0.4) is 0 Å². The van der Waals surface area contributed by atoms with Crippen molar-refractivity contribution in [1.82, 2.24) is 9.55 Å². The molecule has 2 aromatic carbocycles. The molecule has 0 aliphatic rings. The van der Waals surface area contributed by atoms with E-state index in [0.29, 0.717) is 24.9 Å². The Morgan fingerprint density at radius 3 is 2.44 bits per heavy atom. The molecule has 0 aliphatic carbocycles. The highest BCUT2D eigenvalue weighted by Gasteiger charge is 2.24. The molecule has 0 saturated carbocycles. The van der Waals surface area contributed by atoms with E-state index in [1.165, 1.54) is 11.1 Å². The topological polar surface area (TPSA) is 56.5 Å². The van der Waals surface area contributed by atoms with Crippen molar-refractivity contribution in [2.75, 3.05) is 19.1 Å². The highest BCUT2D eigenvalue weighted by atomic mass is 127. The van der Waals surface area contributed by atoms with Crippen molar-refractivity contribution in [3.05, 3.63) is 75.9 Å². The molecule has 0 bridgehead atoms. The second-order valence-electron chi connectivity index (χ2n) is 8.59. The van der Waals surface area contributed by atoms with Crippen LogP contribution >= 0.6 is 34.2 Å². The van der Waals surface area contributed by atoms with Crippen molar-refractivity contribution in [2.45, 2.75) is 38.8 Å². The molecule has 3 aromatic rings. The van der Waals surface area contributed by atoms with Crippen molar-refractivity contribution in [3.8, 4) is 11.5 Å². The monoisotopic (exact) mass is 568 g/mol. The van der Waals surface area contributed by atoms with Crippen LogP contribution in [0.2, 0.25) is 0 Å². The van der Waals surface area contributed by atoms with E-state index in [-0.39, 0.29) is 12.0 Å². The molecule has 0 spiro atoms. The summed E-state index contributed by atoms with van der Waals surface area (Å²) in [6, 6.07) is 14.4. The smallest absolute Gasteiger partial charge is 0.132 e. The van der Waals surface area contributed by atoms with Gasteiger partial charge in [-0.15, -0.1) is 11.6 Å². The third-order valence-corrected chi connectivity index (χ3v) is 6.81. The van der Waals surface area contributed by atoms with Gasteiger partial charge in [0.15, 0.2) is 0 Å². The predicted octanol–water partition coefficient (Wildman–Crippen LogP) is 5.51. The zero-order chi connectivity index (χ0) is 23.1. The normalized spacial score (nSPS) is 13.6. The average Bonchev–Trinajstić information content (AvgIpc) is 3.29. The number of aliphatic hydroxyl groups excluding tert-OH is 1. The van der Waals surface area contributed by atoms with Crippen LogP contribution in [0.25, 0.3) is 0 Å². The fourth-order valence-electron chi connectivity index (χ4n) is 3.30. The first-order valence-corrected chi connectivity index (χ1v) is 12.3. The highest BCUT2D eigenvalue weighted by molar-refractivity contribution is 14.1. The van der Waals surface area contributed by atoms with Gasteiger partial charge in [-0.3, -0.25) is 0 Å². The maximum absolute atomic E-state index is 10.2. The van der Waals surface area contributed by atoms with Crippen molar-refractivity contribution in [1.29, 1.82) is 0 Å². The number of halogens is 2. The fourth-order valence-corrected chi connectivity index (χ4v) is 4.06. The van der Waals surface area contributed by atoms with Gasteiger partial charge in [0.25, 0.3) is 0 Å². The van der Waals surface area contributed by atoms with Crippen LogP contribution in [0.15, 0.2) is 61.2 Å². The zero-order valence-corrected chi connectivity index (χ0v) is 21.6. The van der Waals surface area contributed by atoms with Crippen molar-refractivity contribution < 1.29 is 14.6 Å². The number of hydrogen-bond acceptors (Lipinski definition) is 4. The Morgan fingerprint density at radius 1 is 1.09 bits per heavy atom. The van der Waals surface area contributed by atoms with Gasteiger partial charge in [0.1, 0.15) is 24.2 Å². The molecule has 7 heteroatoms. The van der Waals surface area contributed by atoms with Crippen molar-refractivity contribution >= 4 is 34.2 Å². The van der Waals surface area contributed by atoms with Gasteiger partial charge in [-0.05, 0) is 58.0 Å². The molecule has 5 nitrogen and oxygen atoms in total. The van der Waals surface area contributed by atoms with E-state index in [1.54, 1.807) is 12.5 Å². The Hall–Kier alpha value is -1.77. The maximum Gasteiger partial charge on any atom is 0.132 e. The lowest BCUT2D eigenvalue weighted by molar-refractivity contribution is 0.0924. The number of aliphatic hydroxyl groups is 1. The molecule has 1 heterocycles. The van der Waals surface area contributed by atoms with Crippen LogP contribution in [0, 0.1) is 9.49 Å². The number of rotatable bonds is 11. The Bertz CT molecular complexity index is 977. The van der Waals surface area contributed by atoms with Gasteiger partial charge >= 0.3 is 0 Å². The molecule has 32 heavy (non-hydrogen) atoms. The molecule has 0 saturated heterocycles. The minimum atomic E-state index is -0.601. The fraction of sp³-hybridized carbons (Fsp3) is 0.400. The molecule has 2 atom stereocenters. The van der Waals surface area contributed by atoms with E-state index in [1.807, 2.05) is 29.0 Å². The van der Waals surface area contributed by atoms with Crippen LogP contribution in [0.5, 0.6) is 11.5 Å². The van der Waals surface area contributed by atoms with E-state index in [2.05, 4.69) is 72.6 Å². The third kappa shape index (κ3) is 6.62. The molecule has 172 valence electrons. The average molecular weight is 569 g/mol. The van der Waals surface area contributed by atoms with E-state index in [0.717, 1.165) is 15.1 Å². The van der Waals surface area contributed by atoms with E-state index in [4.69, 9.17) is 21.1 Å². The molecule has 0 unspecified atom stereocenters. The first-order valence-electron chi connectivity index (χ1n) is 10.7. The molecule has 0 fully saturated rings. The number of ether oxygens (including phenoxy) is 2. The largest absolute Gasteiger partial charge is 0.492 e. The van der Waals surface area contributed by atoms with Crippen LogP contribution < -0.4 is 9.47 Å². The van der Waals surface area contributed by atoms with Crippen molar-refractivity contribution in [2.24, 2.45) is 5.92 Å². The number of imidazole rings is 1. The van der Waals surface area contributed by atoms with Gasteiger partial charge in [-0.25, -0.2) is 4.98 Å². The number of alkyl halides is 1. The molecule has 3 rings (SSSR count). The first-order chi connectivity index (χ1) is 15.3. The Labute approximate surface area is 208 Å². The minimum absolute atomic E-state index is 0.179. The number of benzene rings is 2. The molecular weight excluding hydrogens is 539 g/mol. The van der Waals surface area contributed by atoms with Crippen LogP contribution in [-0.4, -0.2) is 39.9 Å². The third-order valence-electron chi connectivity index (χ3n) is 5.44. The van der Waals surface area contributed by atoms with Crippen LogP contribution in [0.4, 0.5) is 0 Å².